The van der Waals surface area contributed by atoms with E-state index in [9.17, 15) is 9.59 Å². The Balaban J connectivity index is 1.45. The number of carbonyl (C=O) groups is 2. The van der Waals surface area contributed by atoms with E-state index in [1.54, 1.807) is 22.2 Å². The highest BCUT2D eigenvalue weighted by Gasteiger charge is 2.28. The van der Waals surface area contributed by atoms with Gasteiger partial charge in [-0.2, -0.15) is 0 Å². The number of hydrogen-bond donors (Lipinski definition) is 0. The van der Waals surface area contributed by atoms with Crippen LogP contribution in [0.25, 0.3) is 17.1 Å². The zero-order valence-electron chi connectivity index (χ0n) is 20.5. The summed E-state index contributed by atoms with van der Waals surface area (Å²) in [5.74, 6) is 0.929. The molecular formula is C25H30N6O3S. The van der Waals surface area contributed by atoms with Crippen molar-refractivity contribution in [2.24, 2.45) is 0 Å². The molecule has 1 fully saturated rings. The van der Waals surface area contributed by atoms with Crippen LogP contribution in [-0.4, -0.2) is 79.1 Å². The first kappa shape index (κ1) is 24.7. The normalized spacial score (nSPS) is 14.2. The fourth-order valence-corrected chi connectivity index (χ4v) is 4.61. The summed E-state index contributed by atoms with van der Waals surface area (Å²) in [5, 5.41) is 9.49. The van der Waals surface area contributed by atoms with Crippen molar-refractivity contribution in [1.29, 1.82) is 0 Å². The first-order valence-electron chi connectivity index (χ1n) is 11.5. The SMILES string of the molecule is Cc1ccccc1-n1c(SCC(=O)N2CCN(C(=O)OC(C)(C)C)CC2)nnc1-c1ccncc1. The van der Waals surface area contributed by atoms with Crippen molar-refractivity contribution in [2.45, 2.75) is 38.5 Å². The number of aryl methyl sites for hydroxylation is 1. The average molecular weight is 495 g/mol. The van der Waals surface area contributed by atoms with Gasteiger partial charge in [-0.3, -0.25) is 14.3 Å². The molecule has 0 spiro atoms. The molecular weight excluding hydrogens is 464 g/mol. The maximum Gasteiger partial charge on any atom is 0.410 e. The van der Waals surface area contributed by atoms with Gasteiger partial charge in [-0.25, -0.2) is 4.79 Å². The summed E-state index contributed by atoms with van der Waals surface area (Å²) in [5.41, 5.74) is 2.40. The van der Waals surface area contributed by atoms with Crippen LogP contribution in [0.1, 0.15) is 26.3 Å². The summed E-state index contributed by atoms with van der Waals surface area (Å²) < 4.78 is 7.43. The van der Waals surface area contributed by atoms with Crippen molar-refractivity contribution in [3.8, 4) is 17.1 Å². The minimum absolute atomic E-state index is 0.00336. The first-order chi connectivity index (χ1) is 16.7. The molecule has 0 unspecified atom stereocenters. The zero-order valence-corrected chi connectivity index (χ0v) is 21.3. The van der Waals surface area contributed by atoms with Gasteiger partial charge in [-0.05, 0) is 51.5 Å². The van der Waals surface area contributed by atoms with Gasteiger partial charge in [0.15, 0.2) is 11.0 Å². The molecule has 4 rings (SSSR count). The van der Waals surface area contributed by atoms with Gasteiger partial charge in [-0.1, -0.05) is 30.0 Å². The van der Waals surface area contributed by atoms with Gasteiger partial charge in [0.25, 0.3) is 0 Å². The molecule has 0 N–H and O–H groups in total. The average Bonchev–Trinajstić information content (AvgIpc) is 3.26. The maximum atomic E-state index is 13.0. The predicted molar refractivity (Wildman–Crippen MR) is 134 cm³/mol. The standard InChI is InChI=1S/C25H30N6O3S/c1-18-7-5-6-8-20(18)31-22(19-9-11-26-12-10-19)27-28-23(31)35-17-21(32)29-13-15-30(16-14-29)24(33)34-25(2,3)4/h5-12H,13-17H2,1-4H3. The van der Waals surface area contributed by atoms with Crippen LogP contribution < -0.4 is 0 Å². The Labute approximate surface area is 209 Å². The van der Waals surface area contributed by atoms with E-state index in [0.29, 0.717) is 37.2 Å². The van der Waals surface area contributed by atoms with E-state index in [1.165, 1.54) is 11.8 Å². The molecule has 10 heteroatoms. The van der Waals surface area contributed by atoms with Crippen molar-refractivity contribution in [2.75, 3.05) is 31.9 Å². The molecule has 9 nitrogen and oxygen atoms in total. The van der Waals surface area contributed by atoms with Gasteiger partial charge < -0.3 is 14.5 Å². The number of thioether (sulfide) groups is 1. The smallest absolute Gasteiger partial charge is 0.410 e. The quantitative estimate of drug-likeness (QED) is 0.498. The third-order valence-electron chi connectivity index (χ3n) is 5.54. The van der Waals surface area contributed by atoms with Crippen LogP contribution in [-0.2, 0) is 9.53 Å². The van der Waals surface area contributed by atoms with Crippen LogP contribution >= 0.6 is 11.8 Å². The largest absolute Gasteiger partial charge is 0.444 e. The summed E-state index contributed by atoms with van der Waals surface area (Å²) in [6.45, 7) is 9.44. The molecule has 0 radical (unpaired) electrons. The monoisotopic (exact) mass is 494 g/mol. The number of aromatic nitrogens is 4. The summed E-state index contributed by atoms with van der Waals surface area (Å²) in [4.78, 5) is 32.8. The third-order valence-corrected chi connectivity index (χ3v) is 6.45. The molecule has 0 saturated carbocycles. The second-order valence-corrected chi connectivity index (χ2v) is 10.2. The number of piperazine rings is 1. The van der Waals surface area contributed by atoms with Gasteiger partial charge in [0.1, 0.15) is 5.60 Å². The molecule has 1 aliphatic rings. The van der Waals surface area contributed by atoms with E-state index in [0.717, 1.165) is 16.8 Å². The van der Waals surface area contributed by atoms with E-state index >= 15 is 0 Å². The highest BCUT2D eigenvalue weighted by atomic mass is 32.2. The van der Waals surface area contributed by atoms with Crippen molar-refractivity contribution in [3.63, 3.8) is 0 Å². The number of carbonyl (C=O) groups excluding carboxylic acids is 2. The van der Waals surface area contributed by atoms with E-state index in [-0.39, 0.29) is 17.8 Å². The highest BCUT2D eigenvalue weighted by Crippen LogP contribution is 2.29. The summed E-state index contributed by atoms with van der Waals surface area (Å²) in [7, 11) is 0. The number of rotatable bonds is 5. The molecule has 1 aliphatic heterocycles. The zero-order chi connectivity index (χ0) is 25.0. The lowest BCUT2D eigenvalue weighted by molar-refractivity contribution is -0.130. The minimum Gasteiger partial charge on any atom is -0.444 e. The van der Waals surface area contributed by atoms with Crippen molar-refractivity contribution >= 4 is 23.8 Å². The summed E-state index contributed by atoms with van der Waals surface area (Å²) in [6.07, 6.45) is 3.10. The molecule has 2 aromatic heterocycles. The second kappa shape index (κ2) is 10.5. The predicted octanol–water partition coefficient (Wildman–Crippen LogP) is 3.81. The summed E-state index contributed by atoms with van der Waals surface area (Å²) in [6, 6.07) is 11.8. The van der Waals surface area contributed by atoms with Crippen molar-refractivity contribution in [1.82, 2.24) is 29.5 Å². The number of ether oxygens (including phenoxy) is 1. The van der Waals surface area contributed by atoms with Crippen molar-refractivity contribution in [3.05, 3.63) is 54.4 Å². The Morgan fingerprint density at radius 1 is 0.971 bits per heavy atom. The number of nitrogens with zero attached hydrogens (tertiary/aromatic N) is 6. The Hall–Kier alpha value is -3.40. The molecule has 184 valence electrons. The van der Waals surface area contributed by atoms with Gasteiger partial charge in [0.2, 0.25) is 5.91 Å². The lowest BCUT2D eigenvalue weighted by Gasteiger charge is -2.35. The minimum atomic E-state index is -0.539. The molecule has 0 atom stereocenters. The molecule has 3 aromatic rings. The molecule has 3 heterocycles. The maximum absolute atomic E-state index is 13.0. The van der Waals surface area contributed by atoms with Crippen LogP contribution in [0.4, 0.5) is 4.79 Å². The van der Waals surface area contributed by atoms with E-state index in [2.05, 4.69) is 15.2 Å². The number of pyridine rings is 1. The fraction of sp³-hybridized carbons (Fsp3) is 0.400. The van der Waals surface area contributed by atoms with Gasteiger partial charge >= 0.3 is 6.09 Å². The number of benzene rings is 1. The fourth-order valence-electron chi connectivity index (χ4n) is 3.77. The van der Waals surface area contributed by atoms with Crippen LogP contribution in [0.2, 0.25) is 0 Å². The van der Waals surface area contributed by atoms with Gasteiger partial charge in [-0.15, -0.1) is 10.2 Å². The third kappa shape index (κ3) is 6.00. The first-order valence-corrected chi connectivity index (χ1v) is 12.5. The number of hydrogen-bond acceptors (Lipinski definition) is 7. The molecule has 2 amide bonds. The second-order valence-electron chi connectivity index (χ2n) is 9.30. The highest BCUT2D eigenvalue weighted by molar-refractivity contribution is 7.99. The Kier molecular flexibility index (Phi) is 7.39. The van der Waals surface area contributed by atoms with Gasteiger partial charge in [0, 0.05) is 44.1 Å². The summed E-state index contributed by atoms with van der Waals surface area (Å²) >= 11 is 1.36. The van der Waals surface area contributed by atoms with Crippen LogP contribution in [0.15, 0.2) is 53.9 Å². The topological polar surface area (TPSA) is 93.5 Å². The van der Waals surface area contributed by atoms with Crippen LogP contribution in [0.3, 0.4) is 0 Å². The van der Waals surface area contributed by atoms with E-state index in [1.807, 2.05) is 68.7 Å². The lowest BCUT2D eigenvalue weighted by Crippen LogP contribution is -2.52. The molecule has 0 aliphatic carbocycles. The van der Waals surface area contributed by atoms with Crippen LogP contribution in [0.5, 0.6) is 0 Å². The Morgan fingerprint density at radius 2 is 1.63 bits per heavy atom. The van der Waals surface area contributed by atoms with E-state index in [4.69, 9.17) is 4.74 Å². The van der Waals surface area contributed by atoms with Gasteiger partial charge in [0.05, 0.1) is 11.4 Å². The Morgan fingerprint density at radius 3 is 2.29 bits per heavy atom. The molecule has 0 bridgehead atoms. The number of para-hydroxylation sites is 1. The molecule has 1 aromatic carbocycles. The molecule has 35 heavy (non-hydrogen) atoms. The van der Waals surface area contributed by atoms with Crippen LogP contribution in [0, 0.1) is 6.92 Å². The Bertz CT molecular complexity index is 1180. The van der Waals surface area contributed by atoms with Crippen molar-refractivity contribution < 1.29 is 14.3 Å². The lowest BCUT2D eigenvalue weighted by atomic mass is 10.2. The number of amides is 2. The van der Waals surface area contributed by atoms with E-state index < -0.39 is 5.60 Å². The molecule has 1 saturated heterocycles.